The van der Waals surface area contributed by atoms with Gasteiger partial charge in [0.2, 0.25) is 5.91 Å². The van der Waals surface area contributed by atoms with Gasteiger partial charge in [-0.3, -0.25) is 4.79 Å². The Hall–Kier alpha value is -3.69. The average molecular weight is 481 g/mol. The number of nitrogens with one attached hydrogen (secondary N) is 2. The number of ether oxygens (including phenoxy) is 1. The number of fused-ring (bicyclic) bond motifs is 3. The van der Waals surface area contributed by atoms with Gasteiger partial charge in [0.1, 0.15) is 6.61 Å². The van der Waals surface area contributed by atoms with Crippen LogP contribution < -0.4 is 10.6 Å². The summed E-state index contributed by atoms with van der Waals surface area (Å²) in [4.78, 5) is 36.3. The minimum Gasteiger partial charge on any atom is -0.479 e. The molecule has 0 aliphatic heterocycles. The molecule has 34 heavy (non-hydrogen) atoms. The molecule has 2 aromatic carbocycles. The Morgan fingerprint density at radius 2 is 1.62 bits per heavy atom. The van der Waals surface area contributed by atoms with Crippen LogP contribution in [0.5, 0.6) is 0 Å². The maximum absolute atomic E-state index is 12.2. The minimum atomic E-state index is -1.20. The molecule has 1 aliphatic carbocycles. The van der Waals surface area contributed by atoms with Crippen LogP contribution in [0.3, 0.4) is 0 Å². The molecule has 4 rings (SSSR count). The maximum atomic E-state index is 12.2. The smallest absolute Gasteiger partial charge is 0.407 e. The molecule has 2 atom stereocenters. The van der Waals surface area contributed by atoms with Crippen molar-refractivity contribution in [2.45, 2.75) is 24.5 Å². The molecule has 0 radical (unpaired) electrons. The predicted octanol–water partition coefficient (Wildman–Crippen LogP) is 3.28. The third-order valence-electron chi connectivity index (χ3n) is 5.63. The SMILES string of the molecule is O=C(CC(O)CNC(=O)OCC1c2ccccc2-c2ccccc21)NC(C(=O)O)c1cccs1. The Balaban J connectivity index is 1.25. The summed E-state index contributed by atoms with van der Waals surface area (Å²) in [6, 6.07) is 18.1. The first-order valence-corrected chi connectivity index (χ1v) is 11.6. The molecule has 2 amide bonds. The van der Waals surface area contributed by atoms with E-state index in [4.69, 9.17) is 4.74 Å². The molecule has 0 spiro atoms. The third kappa shape index (κ3) is 5.27. The number of carbonyl (C=O) groups excluding carboxylic acids is 2. The number of hydrogen-bond acceptors (Lipinski definition) is 6. The topological polar surface area (TPSA) is 125 Å². The lowest BCUT2D eigenvalue weighted by Gasteiger charge is -2.17. The van der Waals surface area contributed by atoms with Crippen LogP contribution >= 0.6 is 11.3 Å². The number of hydrogen-bond donors (Lipinski definition) is 4. The highest BCUT2D eigenvalue weighted by molar-refractivity contribution is 7.10. The van der Waals surface area contributed by atoms with Crippen LogP contribution in [-0.4, -0.2) is 47.4 Å². The standard InChI is InChI=1S/C25H24N2O6S/c28-15(12-22(29)27-23(24(30)31)21-10-5-11-34-21)13-26-25(32)33-14-20-18-8-3-1-6-16(18)17-7-2-4-9-19(17)20/h1-11,15,20,23,28H,12-14H2,(H,26,32)(H,27,29)(H,30,31). The number of aliphatic carboxylic acids is 1. The fourth-order valence-electron chi connectivity index (χ4n) is 4.07. The zero-order valence-corrected chi connectivity index (χ0v) is 19.0. The van der Waals surface area contributed by atoms with Crippen molar-refractivity contribution in [2.75, 3.05) is 13.2 Å². The number of carboxylic acid groups (broad SMARTS) is 1. The lowest BCUT2D eigenvalue weighted by Crippen LogP contribution is -2.39. The molecule has 2 unspecified atom stereocenters. The van der Waals surface area contributed by atoms with E-state index in [0.717, 1.165) is 22.3 Å². The van der Waals surface area contributed by atoms with Gasteiger partial charge >= 0.3 is 12.1 Å². The lowest BCUT2D eigenvalue weighted by atomic mass is 9.98. The molecule has 0 bridgehead atoms. The second-order valence-corrected chi connectivity index (χ2v) is 8.90. The van der Waals surface area contributed by atoms with E-state index in [1.807, 2.05) is 48.5 Å². The van der Waals surface area contributed by atoms with Gasteiger partial charge in [0, 0.05) is 17.3 Å². The van der Waals surface area contributed by atoms with Gasteiger partial charge in [0.15, 0.2) is 6.04 Å². The van der Waals surface area contributed by atoms with Gasteiger partial charge in [-0.25, -0.2) is 9.59 Å². The zero-order valence-electron chi connectivity index (χ0n) is 18.1. The van der Waals surface area contributed by atoms with Crippen molar-refractivity contribution >= 4 is 29.3 Å². The number of aliphatic hydroxyl groups is 1. The number of aliphatic hydroxyl groups excluding tert-OH is 1. The first-order valence-electron chi connectivity index (χ1n) is 10.8. The molecule has 8 nitrogen and oxygen atoms in total. The molecule has 1 aliphatic rings. The molecule has 0 saturated carbocycles. The lowest BCUT2D eigenvalue weighted by molar-refractivity contribution is -0.142. The second kappa shape index (κ2) is 10.5. The van der Waals surface area contributed by atoms with Crippen LogP contribution in [0.15, 0.2) is 66.0 Å². The molecule has 3 aromatic rings. The van der Waals surface area contributed by atoms with Crippen LogP contribution in [0.25, 0.3) is 11.1 Å². The van der Waals surface area contributed by atoms with Gasteiger partial charge < -0.3 is 25.6 Å². The minimum absolute atomic E-state index is 0.0842. The highest BCUT2D eigenvalue weighted by Crippen LogP contribution is 2.44. The Kier molecular flexibility index (Phi) is 7.24. The van der Waals surface area contributed by atoms with Gasteiger partial charge in [0.05, 0.1) is 12.5 Å². The molecule has 0 saturated heterocycles. The summed E-state index contributed by atoms with van der Waals surface area (Å²) < 4.78 is 5.40. The number of rotatable bonds is 9. The summed E-state index contributed by atoms with van der Waals surface area (Å²) in [5.74, 6) is -1.91. The van der Waals surface area contributed by atoms with Gasteiger partial charge in [-0.05, 0) is 33.7 Å². The second-order valence-electron chi connectivity index (χ2n) is 7.92. The Bertz CT molecular complexity index is 1130. The molecular weight excluding hydrogens is 456 g/mol. The fraction of sp³-hybridized carbons (Fsp3) is 0.240. The van der Waals surface area contributed by atoms with Crippen molar-refractivity contribution in [1.82, 2.24) is 10.6 Å². The summed E-state index contributed by atoms with van der Waals surface area (Å²) in [6.45, 7) is -0.0711. The molecule has 9 heteroatoms. The van der Waals surface area contributed by atoms with E-state index < -0.39 is 30.1 Å². The van der Waals surface area contributed by atoms with Crippen LogP contribution in [-0.2, 0) is 14.3 Å². The molecular formula is C25H24N2O6S. The maximum Gasteiger partial charge on any atom is 0.407 e. The molecule has 1 aromatic heterocycles. The summed E-state index contributed by atoms with van der Waals surface area (Å²) in [5, 5.41) is 26.0. The number of thiophene rings is 1. The van der Waals surface area contributed by atoms with E-state index in [2.05, 4.69) is 10.6 Å². The van der Waals surface area contributed by atoms with Gasteiger partial charge in [-0.1, -0.05) is 54.6 Å². The average Bonchev–Trinajstić information content (AvgIpc) is 3.46. The molecule has 0 fully saturated rings. The summed E-state index contributed by atoms with van der Waals surface area (Å²) >= 11 is 1.21. The van der Waals surface area contributed by atoms with E-state index in [-0.39, 0.29) is 25.5 Å². The fourth-order valence-corrected chi connectivity index (χ4v) is 4.83. The first kappa shape index (κ1) is 23.5. The number of benzene rings is 2. The Labute approximate surface area is 200 Å². The van der Waals surface area contributed by atoms with Gasteiger partial charge in [-0.2, -0.15) is 0 Å². The first-order chi connectivity index (χ1) is 16.4. The van der Waals surface area contributed by atoms with Crippen LogP contribution in [0, 0.1) is 0 Å². The largest absolute Gasteiger partial charge is 0.479 e. The van der Waals surface area contributed by atoms with Crippen molar-refractivity contribution in [3.63, 3.8) is 0 Å². The number of amides is 2. The third-order valence-corrected chi connectivity index (χ3v) is 6.56. The molecule has 4 N–H and O–H groups in total. The van der Waals surface area contributed by atoms with Crippen molar-refractivity contribution in [3.8, 4) is 11.1 Å². The van der Waals surface area contributed by atoms with Crippen LogP contribution in [0.4, 0.5) is 4.79 Å². The van der Waals surface area contributed by atoms with E-state index in [1.54, 1.807) is 17.5 Å². The number of carbonyl (C=O) groups is 3. The monoisotopic (exact) mass is 480 g/mol. The van der Waals surface area contributed by atoms with Crippen LogP contribution in [0.2, 0.25) is 0 Å². The predicted molar refractivity (Wildman–Crippen MR) is 127 cm³/mol. The van der Waals surface area contributed by atoms with Gasteiger partial charge in [0.25, 0.3) is 0 Å². The zero-order chi connectivity index (χ0) is 24.1. The molecule has 176 valence electrons. The number of carboxylic acids is 1. The van der Waals surface area contributed by atoms with Crippen molar-refractivity contribution in [2.24, 2.45) is 0 Å². The summed E-state index contributed by atoms with van der Waals surface area (Å²) in [5.41, 5.74) is 4.42. The van der Waals surface area contributed by atoms with Crippen LogP contribution in [0.1, 0.15) is 34.4 Å². The summed E-state index contributed by atoms with van der Waals surface area (Å²) in [6.07, 6.45) is -2.26. The molecule has 1 heterocycles. The van der Waals surface area contributed by atoms with Crippen molar-refractivity contribution in [1.29, 1.82) is 0 Å². The highest BCUT2D eigenvalue weighted by Gasteiger charge is 2.29. The van der Waals surface area contributed by atoms with E-state index in [9.17, 15) is 24.6 Å². The normalized spacial score (nSPS) is 13.9. The van der Waals surface area contributed by atoms with Gasteiger partial charge in [-0.15, -0.1) is 11.3 Å². The Morgan fingerprint density at radius 1 is 0.971 bits per heavy atom. The van der Waals surface area contributed by atoms with Crippen molar-refractivity contribution in [3.05, 3.63) is 82.0 Å². The van der Waals surface area contributed by atoms with E-state index in [1.165, 1.54) is 11.3 Å². The highest BCUT2D eigenvalue weighted by atomic mass is 32.1. The van der Waals surface area contributed by atoms with E-state index in [0.29, 0.717) is 4.88 Å². The van der Waals surface area contributed by atoms with E-state index >= 15 is 0 Å². The summed E-state index contributed by atoms with van der Waals surface area (Å²) in [7, 11) is 0. The number of alkyl carbamates (subject to hydrolysis) is 1. The van der Waals surface area contributed by atoms with Crippen molar-refractivity contribution < 1.29 is 29.3 Å². The Morgan fingerprint density at radius 3 is 2.21 bits per heavy atom. The quantitative estimate of drug-likeness (QED) is 0.373.